The SMILES string of the molecule is CC(CNc1ccc(C(N)=S)cc1Br)c1ccccc1. The molecule has 4 heteroatoms. The van der Waals surface area contributed by atoms with E-state index in [2.05, 4.69) is 52.4 Å². The minimum Gasteiger partial charge on any atom is -0.389 e. The summed E-state index contributed by atoms with van der Waals surface area (Å²) in [6.45, 7) is 3.08. The molecule has 0 heterocycles. The van der Waals surface area contributed by atoms with Gasteiger partial charge < -0.3 is 11.1 Å². The Morgan fingerprint density at radius 2 is 1.95 bits per heavy atom. The fourth-order valence-corrected chi connectivity index (χ4v) is 2.62. The van der Waals surface area contributed by atoms with Gasteiger partial charge in [0.25, 0.3) is 0 Å². The van der Waals surface area contributed by atoms with Crippen LogP contribution < -0.4 is 11.1 Å². The Labute approximate surface area is 133 Å². The molecule has 0 aliphatic rings. The van der Waals surface area contributed by atoms with Gasteiger partial charge in [-0.2, -0.15) is 0 Å². The van der Waals surface area contributed by atoms with Crippen molar-refractivity contribution in [1.29, 1.82) is 0 Å². The van der Waals surface area contributed by atoms with Gasteiger partial charge in [0.05, 0.1) is 0 Å². The fourth-order valence-electron chi connectivity index (χ4n) is 1.97. The quantitative estimate of drug-likeness (QED) is 0.791. The predicted octanol–water partition coefficient (Wildman–Crippen LogP) is 4.30. The van der Waals surface area contributed by atoms with E-state index in [1.807, 2.05) is 24.3 Å². The normalized spacial score (nSPS) is 11.9. The van der Waals surface area contributed by atoms with Crippen LogP contribution in [-0.2, 0) is 0 Å². The van der Waals surface area contributed by atoms with Crippen LogP contribution in [-0.4, -0.2) is 11.5 Å². The van der Waals surface area contributed by atoms with Crippen molar-refractivity contribution in [2.45, 2.75) is 12.8 Å². The zero-order chi connectivity index (χ0) is 14.5. The molecule has 0 aromatic heterocycles. The Hall–Kier alpha value is -1.39. The number of rotatable bonds is 5. The van der Waals surface area contributed by atoms with Crippen molar-refractivity contribution in [2.75, 3.05) is 11.9 Å². The number of halogens is 1. The Morgan fingerprint density at radius 1 is 1.25 bits per heavy atom. The largest absolute Gasteiger partial charge is 0.389 e. The second-order valence-electron chi connectivity index (χ2n) is 4.75. The molecular weight excluding hydrogens is 332 g/mol. The summed E-state index contributed by atoms with van der Waals surface area (Å²) in [5.74, 6) is 0.443. The van der Waals surface area contributed by atoms with E-state index in [9.17, 15) is 0 Å². The molecule has 0 bridgehead atoms. The zero-order valence-corrected chi connectivity index (χ0v) is 13.7. The van der Waals surface area contributed by atoms with E-state index in [4.69, 9.17) is 18.0 Å². The van der Waals surface area contributed by atoms with Crippen LogP contribution in [0.3, 0.4) is 0 Å². The van der Waals surface area contributed by atoms with Crippen LogP contribution in [0.1, 0.15) is 24.0 Å². The van der Waals surface area contributed by atoms with Crippen LogP contribution in [0.5, 0.6) is 0 Å². The zero-order valence-electron chi connectivity index (χ0n) is 11.3. The summed E-state index contributed by atoms with van der Waals surface area (Å²) in [5.41, 5.74) is 8.87. The summed E-state index contributed by atoms with van der Waals surface area (Å²) in [6, 6.07) is 16.3. The molecule has 2 nitrogen and oxygen atoms in total. The molecule has 104 valence electrons. The van der Waals surface area contributed by atoms with Crippen LogP contribution in [0, 0.1) is 0 Å². The third-order valence-electron chi connectivity index (χ3n) is 3.22. The molecule has 3 N–H and O–H groups in total. The minimum atomic E-state index is 0.412. The average Bonchev–Trinajstić information content (AvgIpc) is 2.46. The lowest BCUT2D eigenvalue weighted by Gasteiger charge is -2.15. The molecule has 0 radical (unpaired) electrons. The van der Waals surface area contributed by atoms with Gasteiger partial charge in [-0.15, -0.1) is 0 Å². The first-order valence-electron chi connectivity index (χ1n) is 6.46. The maximum Gasteiger partial charge on any atom is 0.104 e. The predicted molar refractivity (Wildman–Crippen MR) is 93.4 cm³/mol. The van der Waals surface area contributed by atoms with Gasteiger partial charge in [-0.3, -0.25) is 0 Å². The third kappa shape index (κ3) is 3.81. The highest BCUT2D eigenvalue weighted by Crippen LogP contribution is 2.25. The van der Waals surface area contributed by atoms with Gasteiger partial charge in [-0.25, -0.2) is 0 Å². The van der Waals surface area contributed by atoms with Gasteiger partial charge >= 0.3 is 0 Å². The first kappa shape index (κ1) is 15.0. The smallest absolute Gasteiger partial charge is 0.104 e. The molecule has 0 spiro atoms. The van der Waals surface area contributed by atoms with Crippen LogP contribution in [0.4, 0.5) is 5.69 Å². The molecule has 0 fully saturated rings. The number of nitrogens with two attached hydrogens (primary N) is 1. The molecule has 0 saturated carbocycles. The number of hydrogen-bond acceptors (Lipinski definition) is 2. The van der Waals surface area contributed by atoms with Crippen molar-refractivity contribution in [3.05, 3.63) is 64.1 Å². The Bertz CT molecular complexity index is 599. The van der Waals surface area contributed by atoms with Crippen LogP contribution in [0.2, 0.25) is 0 Å². The van der Waals surface area contributed by atoms with E-state index >= 15 is 0 Å². The number of thiocarbonyl (C=S) groups is 1. The van der Waals surface area contributed by atoms with Gasteiger partial charge in [-0.1, -0.05) is 49.5 Å². The molecule has 20 heavy (non-hydrogen) atoms. The highest BCUT2D eigenvalue weighted by molar-refractivity contribution is 9.10. The maximum atomic E-state index is 5.62. The van der Waals surface area contributed by atoms with Crippen LogP contribution in [0.15, 0.2) is 53.0 Å². The first-order valence-corrected chi connectivity index (χ1v) is 7.66. The lowest BCUT2D eigenvalue weighted by atomic mass is 10.0. The highest BCUT2D eigenvalue weighted by atomic mass is 79.9. The van der Waals surface area contributed by atoms with Crippen LogP contribution in [0.25, 0.3) is 0 Å². The molecule has 2 aromatic rings. The van der Waals surface area contributed by atoms with Crippen molar-refractivity contribution in [2.24, 2.45) is 5.73 Å². The molecule has 2 aromatic carbocycles. The summed E-state index contributed by atoms with van der Waals surface area (Å²) < 4.78 is 0.975. The van der Waals surface area contributed by atoms with Crippen molar-refractivity contribution < 1.29 is 0 Å². The Kier molecular flexibility index (Phi) is 5.15. The maximum absolute atomic E-state index is 5.62. The first-order chi connectivity index (χ1) is 9.58. The Morgan fingerprint density at radius 3 is 2.55 bits per heavy atom. The van der Waals surface area contributed by atoms with Gasteiger partial charge in [0.1, 0.15) is 4.99 Å². The van der Waals surface area contributed by atoms with E-state index in [1.54, 1.807) is 0 Å². The number of benzene rings is 2. The van der Waals surface area contributed by atoms with E-state index in [1.165, 1.54) is 5.56 Å². The Balaban J connectivity index is 2.02. The van der Waals surface area contributed by atoms with Gasteiger partial charge in [-0.05, 0) is 45.6 Å². The molecule has 1 unspecified atom stereocenters. The molecule has 1 atom stereocenters. The highest BCUT2D eigenvalue weighted by Gasteiger charge is 2.07. The molecule has 0 aliphatic heterocycles. The standard InChI is InChI=1S/C16H17BrN2S/c1-11(12-5-3-2-4-6-12)10-19-15-8-7-13(16(18)20)9-14(15)17/h2-9,11,19H,10H2,1H3,(H2,18,20). The molecule has 0 saturated heterocycles. The van der Waals surface area contributed by atoms with Crippen molar-refractivity contribution in [1.82, 2.24) is 0 Å². The van der Waals surface area contributed by atoms with E-state index in [-0.39, 0.29) is 0 Å². The van der Waals surface area contributed by atoms with Gasteiger partial charge in [0, 0.05) is 22.3 Å². The second-order valence-corrected chi connectivity index (χ2v) is 6.05. The van der Waals surface area contributed by atoms with Gasteiger partial charge in [0.2, 0.25) is 0 Å². The molecule has 0 aliphatic carbocycles. The van der Waals surface area contributed by atoms with Crippen molar-refractivity contribution >= 4 is 38.8 Å². The lowest BCUT2D eigenvalue weighted by molar-refractivity contribution is 0.804. The summed E-state index contributed by atoms with van der Waals surface area (Å²) >= 11 is 8.52. The third-order valence-corrected chi connectivity index (χ3v) is 4.11. The van der Waals surface area contributed by atoms with Crippen LogP contribution >= 0.6 is 28.1 Å². The number of hydrogen-bond donors (Lipinski definition) is 2. The number of nitrogens with one attached hydrogen (secondary N) is 1. The minimum absolute atomic E-state index is 0.412. The fraction of sp³-hybridized carbons (Fsp3) is 0.188. The molecule has 0 amide bonds. The van der Waals surface area contributed by atoms with E-state index in [0.29, 0.717) is 10.9 Å². The van der Waals surface area contributed by atoms with Crippen molar-refractivity contribution in [3.8, 4) is 0 Å². The van der Waals surface area contributed by atoms with E-state index in [0.717, 1.165) is 22.3 Å². The van der Waals surface area contributed by atoms with Gasteiger partial charge in [0.15, 0.2) is 0 Å². The average molecular weight is 349 g/mol. The molecule has 2 rings (SSSR count). The topological polar surface area (TPSA) is 38.0 Å². The summed E-state index contributed by atoms with van der Waals surface area (Å²) in [5, 5.41) is 3.45. The summed E-state index contributed by atoms with van der Waals surface area (Å²) in [6.07, 6.45) is 0. The monoisotopic (exact) mass is 348 g/mol. The molecular formula is C16H17BrN2S. The number of anilines is 1. The summed E-state index contributed by atoms with van der Waals surface area (Å²) in [4.78, 5) is 0.412. The second kappa shape index (κ2) is 6.86. The van der Waals surface area contributed by atoms with Crippen molar-refractivity contribution in [3.63, 3.8) is 0 Å². The summed E-state index contributed by atoms with van der Waals surface area (Å²) in [7, 11) is 0. The van der Waals surface area contributed by atoms with E-state index < -0.39 is 0 Å². The lowest BCUT2D eigenvalue weighted by Crippen LogP contribution is -2.12.